The largest absolute Gasteiger partial charge is 0.308 e. The molecule has 104 valence electrons. The Balaban J connectivity index is 2.05. The normalized spacial score (nSPS) is 13.6. The summed E-state index contributed by atoms with van der Waals surface area (Å²) in [6, 6.07) is 13.9. The molecule has 1 aliphatic rings. The van der Waals surface area contributed by atoms with Gasteiger partial charge >= 0.3 is 0 Å². The molecule has 0 unspecified atom stereocenters. The minimum absolute atomic E-state index is 0.119. The molecule has 4 rings (SSSR count). The Morgan fingerprint density at radius 1 is 1.05 bits per heavy atom. The van der Waals surface area contributed by atoms with Crippen LogP contribution < -0.4 is 4.90 Å². The molecule has 3 aromatic rings. The molecular weight excluding hydrogens is 260 g/mol. The monoisotopic (exact) mass is 276 g/mol. The Labute approximate surface area is 123 Å². The maximum atomic E-state index is 12.9. The Kier molecular flexibility index (Phi) is 2.67. The summed E-state index contributed by atoms with van der Waals surface area (Å²) in [7, 11) is 0. The number of pyridine rings is 1. The Bertz CT molecular complexity index is 870. The van der Waals surface area contributed by atoms with Crippen LogP contribution in [0.2, 0.25) is 0 Å². The van der Waals surface area contributed by atoms with Crippen molar-refractivity contribution in [3.05, 3.63) is 48.0 Å². The molecule has 21 heavy (non-hydrogen) atoms. The predicted octanol–water partition coefficient (Wildman–Crippen LogP) is 4.15. The van der Waals surface area contributed by atoms with E-state index in [1.165, 1.54) is 0 Å². The fraction of sp³-hybridized carbons (Fsp3) is 0.222. The Morgan fingerprint density at radius 3 is 2.71 bits per heavy atom. The molecule has 2 heterocycles. The lowest BCUT2D eigenvalue weighted by molar-refractivity contribution is 0.0994. The zero-order chi connectivity index (χ0) is 14.4. The molecule has 0 atom stereocenters. The molecule has 0 bridgehead atoms. The molecule has 0 saturated heterocycles. The molecular formula is C18H16N2O. The number of amides is 1. The summed E-state index contributed by atoms with van der Waals surface area (Å²) in [5, 5.41) is 1.97. The zero-order valence-electron chi connectivity index (χ0n) is 12.0. The van der Waals surface area contributed by atoms with Crippen molar-refractivity contribution in [1.29, 1.82) is 0 Å². The second-order valence-corrected chi connectivity index (χ2v) is 5.49. The number of aromatic nitrogens is 1. The standard InChI is InChI=1S/C18H16N2O/c1-2-3-11-20-15-10-6-9-14-17(15)16(18(20)21)12-7-4-5-8-13(12)19-14/h4-10H,2-3,11H2,1H3. The van der Waals surface area contributed by atoms with Crippen LogP contribution in [-0.2, 0) is 0 Å². The maximum Gasteiger partial charge on any atom is 0.259 e. The van der Waals surface area contributed by atoms with Gasteiger partial charge in [-0.05, 0) is 24.6 Å². The molecule has 1 aromatic heterocycles. The summed E-state index contributed by atoms with van der Waals surface area (Å²) in [6.45, 7) is 2.92. The third-order valence-electron chi connectivity index (χ3n) is 4.17. The van der Waals surface area contributed by atoms with E-state index in [1.807, 2.05) is 47.4 Å². The molecule has 0 spiro atoms. The van der Waals surface area contributed by atoms with Crippen molar-refractivity contribution in [3.63, 3.8) is 0 Å². The van der Waals surface area contributed by atoms with Gasteiger partial charge in [-0.15, -0.1) is 0 Å². The average Bonchev–Trinajstić information content (AvgIpc) is 2.80. The number of nitrogens with zero attached hydrogens (tertiary/aromatic N) is 2. The summed E-state index contributed by atoms with van der Waals surface area (Å²) in [5.74, 6) is 0.119. The van der Waals surface area contributed by atoms with E-state index >= 15 is 0 Å². The number of anilines is 1. The number of benzene rings is 2. The van der Waals surface area contributed by atoms with E-state index in [1.54, 1.807) is 0 Å². The van der Waals surface area contributed by atoms with Crippen LogP contribution in [0.15, 0.2) is 42.5 Å². The summed E-state index contributed by atoms with van der Waals surface area (Å²) in [4.78, 5) is 19.5. The van der Waals surface area contributed by atoms with Crippen LogP contribution >= 0.6 is 0 Å². The van der Waals surface area contributed by atoms with E-state index < -0.39 is 0 Å². The smallest absolute Gasteiger partial charge is 0.259 e. The molecule has 0 fully saturated rings. The van der Waals surface area contributed by atoms with Gasteiger partial charge in [-0.2, -0.15) is 0 Å². The van der Waals surface area contributed by atoms with Gasteiger partial charge in [0.15, 0.2) is 0 Å². The third-order valence-corrected chi connectivity index (χ3v) is 4.17. The van der Waals surface area contributed by atoms with E-state index in [2.05, 4.69) is 6.92 Å². The minimum atomic E-state index is 0.119. The van der Waals surface area contributed by atoms with E-state index in [-0.39, 0.29) is 5.91 Å². The van der Waals surface area contributed by atoms with Crippen molar-refractivity contribution in [2.24, 2.45) is 0 Å². The predicted molar refractivity (Wildman–Crippen MR) is 85.8 cm³/mol. The number of carbonyl (C=O) groups is 1. The van der Waals surface area contributed by atoms with E-state index in [9.17, 15) is 4.79 Å². The van der Waals surface area contributed by atoms with Crippen LogP contribution in [0.4, 0.5) is 5.69 Å². The van der Waals surface area contributed by atoms with Crippen LogP contribution in [0.3, 0.4) is 0 Å². The highest BCUT2D eigenvalue weighted by molar-refractivity contribution is 6.30. The number of hydrogen-bond donors (Lipinski definition) is 0. The van der Waals surface area contributed by atoms with Crippen LogP contribution in [0.5, 0.6) is 0 Å². The first-order chi connectivity index (χ1) is 10.3. The highest BCUT2D eigenvalue weighted by Crippen LogP contribution is 2.40. The highest BCUT2D eigenvalue weighted by Gasteiger charge is 2.31. The first-order valence-electron chi connectivity index (χ1n) is 7.44. The molecule has 0 saturated carbocycles. The van der Waals surface area contributed by atoms with Gasteiger partial charge in [-0.1, -0.05) is 37.6 Å². The quantitative estimate of drug-likeness (QED) is 0.673. The Morgan fingerprint density at radius 2 is 1.86 bits per heavy atom. The van der Waals surface area contributed by atoms with Gasteiger partial charge < -0.3 is 4.90 Å². The number of hydrogen-bond acceptors (Lipinski definition) is 2. The van der Waals surface area contributed by atoms with Crippen LogP contribution in [-0.4, -0.2) is 17.4 Å². The molecule has 1 aliphatic heterocycles. The molecule has 0 radical (unpaired) electrons. The Hall–Kier alpha value is -2.42. The lowest BCUT2D eigenvalue weighted by Crippen LogP contribution is -2.27. The lowest BCUT2D eigenvalue weighted by atomic mass is 10.0. The number of fused-ring (bicyclic) bond motifs is 2. The summed E-state index contributed by atoms with van der Waals surface area (Å²) < 4.78 is 0. The van der Waals surface area contributed by atoms with Crippen LogP contribution in [0.25, 0.3) is 21.8 Å². The van der Waals surface area contributed by atoms with E-state index in [0.29, 0.717) is 0 Å². The van der Waals surface area contributed by atoms with Crippen molar-refractivity contribution >= 4 is 33.4 Å². The van der Waals surface area contributed by atoms with Gasteiger partial charge in [0.25, 0.3) is 5.91 Å². The van der Waals surface area contributed by atoms with Gasteiger partial charge in [0.05, 0.1) is 22.3 Å². The van der Waals surface area contributed by atoms with Gasteiger partial charge in [-0.25, -0.2) is 4.98 Å². The van der Waals surface area contributed by atoms with Gasteiger partial charge in [-0.3, -0.25) is 4.79 Å². The first kappa shape index (κ1) is 12.3. The fourth-order valence-corrected chi connectivity index (χ4v) is 3.15. The van der Waals surface area contributed by atoms with Crippen molar-refractivity contribution in [2.75, 3.05) is 11.4 Å². The number of rotatable bonds is 3. The maximum absolute atomic E-state index is 12.9. The van der Waals surface area contributed by atoms with Crippen molar-refractivity contribution in [2.45, 2.75) is 19.8 Å². The molecule has 3 nitrogen and oxygen atoms in total. The fourth-order valence-electron chi connectivity index (χ4n) is 3.15. The van der Waals surface area contributed by atoms with E-state index in [4.69, 9.17) is 4.98 Å². The number of carbonyl (C=O) groups excluding carboxylic acids is 1. The zero-order valence-corrected chi connectivity index (χ0v) is 12.0. The number of para-hydroxylation sites is 1. The van der Waals surface area contributed by atoms with Crippen LogP contribution in [0.1, 0.15) is 30.1 Å². The topological polar surface area (TPSA) is 33.2 Å². The summed E-state index contributed by atoms with van der Waals surface area (Å²) >= 11 is 0. The van der Waals surface area contributed by atoms with Crippen molar-refractivity contribution in [1.82, 2.24) is 4.98 Å². The minimum Gasteiger partial charge on any atom is -0.308 e. The summed E-state index contributed by atoms with van der Waals surface area (Å²) in [5.41, 5.74) is 3.64. The SMILES string of the molecule is CCCCN1C(=O)c2c3ccccc3nc3cccc1c23. The molecule has 2 aromatic carbocycles. The molecule has 3 heteroatoms. The first-order valence-corrected chi connectivity index (χ1v) is 7.44. The van der Waals surface area contributed by atoms with Gasteiger partial charge in [0.2, 0.25) is 0 Å². The second-order valence-electron chi connectivity index (χ2n) is 5.49. The highest BCUT2D eigenvalue weighted by atomic mass is 16.2. The number of unbranched alkanes of at least 4 members (excludes halogenated alkanes) is 1. The van der Waals surface area contributed by atoms with Crippen LogP contribution in [0, 0.1) is 0 Å². The van der Waals surface area contributed by atoms with Gasteiger partial charge in [0.1, 0.15) is 0 Å². The average molecular weight is 276 g/mol. The summed E-state index contributed by atoms with van der Waals surface area (Å²) in [6.07, 6.45) is 2.09. The second kappa shape index (κ2) is 4.55. The van der Waals surface area contributed by atoms with E-state index in [0.717, 1.165) is 52.4 Å². The molecule has 1 amide bonds. The third kappa shape index (κ3) is 1.67. The molecule has 0 aliphatic carbocycles. The van der Waals surface area contributed by atoms with Crippen molar-refractivity contribution in [3.8, 4) is 0 Å². The van der Waals surface area contributed by atoms with Crippen molar-refractivity contribution < 1.29 is 4.79 Å². The molecule has 0 N–H and O–H groups in total. The van der Waals surface area contributed by atoms with Gasteiger partial charge in [0, 0.05) is 17.3 Å². The lowest BCUT2D eigenvalue weighted by Gasteiger charge is -2.16.